The molecule has 1 saturated carbocycles. The maximum absolute atomic E-state index is 5.70. The Morgan fingerprint density at radius 1 is 1.19 bits per heavy atom. The lowest BCUT2D eigenvalue weighted by Crippen LogP contribution is -3.09. The van der Waals surface area contributed by atoms with Gasteiger partial charge < -0.3 is 4.90 Å². The van der Waals surface area contributed by atoms with E-state index in [0.29, 0.717) is 6.04 Å². The van der Waals surface area contributed by atoms with Gasteiger partial charge in [0.05, 0.1) is 13.1 Å². The van der Waals surface area contributed by atoms with Crippen LogP contribution in [0.3, 0.4) is 0 Å². The van der Waals surface area contributed by atoms with Crippen molar-refractivity contribution in [3.05, 3.63) is 29.3 Å². The summed E-state index contributed by atoms with van der Waals surface area (Å²) < 4.78 is 5.16. The highest BCUT2D eigenvalue weighted by atomic mass is 32.1. The molecular formula is C15H20N5S+. The van der Waals surface area contributed by atoms with Gasteiger partial charge in [-0.2, -0.15) is 4.68 Å². The molecule has 1 aliphatic carbocycles. The third-order valence-corrected chi connectivity index (χ3v) is 4.81. The third-order valence-electron chi connectivity index (χ3n) is 4.41. The zero-order valence-corrected chi connectivity index (χ0v) is 12.9. The highest BCUT2D eigenvalue weighted by molar-refractivity contribution is 7.71. The molecule has 1 saturated heterocycles. The molecule has 0 spiro atoms. The number of hydrogen-bond acceptors (Lipinski definition) is 3. The van der Waals surface area contributed by atoms with Gasteiger partial charge in [0, 0.05) is 36.8 Å². The summed E-state index contributed by atoms with van der Waals surface area (Å²) in [5, 5.41) is 4.83. The first-order valence-electron chi connectivity index (χ1n) is 7.76. The van der Waals surface area contributed by atoms with Crippen molar-refractivity contribution in [1.82, 2.24) is 19.3 Å². The van der Waals surface area contributed by atoms with Gasteiger partial charge in [0.25, 0.3) is 0 Å². The van der Waals surface area contributed by atoms with E-state index in [4.69, 9.17) is 17.3 Å². The Bertz CT molecular complexity index is 680. The molecule has 2 aromatic heterocycles. The Kier molecular flexibility index (Phi) is 3.35. The Balaban J connectivity index is 1.73. The van der Waals surface area contributed by atoms with Crippen molar-refractivity contribution in [3.63, 3.8) is 0 Å². The Hall–Kier alpha value is -1.53. The lowest BCUT2D eigenvalue weighted by atomic mass is 10.2. The molecule has 3 heterocycles. The molecule has 0 atom stereocenters. The highest BCUT2D eigenvalue weighted by Gasteiger charge is 2.29. The summed E-state index contributed by atoms with van der Waals surface area (Å²) in [7, 11) is 0. The van der Waals surface area contributed by atoms with E-state index in [-0.39, 0.29) is 0 Å². The van der Waals surface area contributed by atoms with Gasteiger partial charge in [-0.15, -0.1) is 5.10 Å². The average Bonchev–Trinajstić information content (AvgIpc) is 3.12. The molecule has 2 aliphatic rings. The quantitative estimate of drug-likeness (QED) is 0.869. The van der Waals surface area contributed by atoms with Gasteiger partial charge in [-0.1, -0.05) is 0 Å². The number of nitrogens with zero attached hydrogens (tertiary/aromatic N) is 4. The van der Waals surface area contributed by atoms with Crippen molar-refractivity contribution in [3.8, 4) is 11.4 Å². The Morgan fingerprint density at radius 2 is 1.90 bits per heavy atom. The van der Waals surface area contributed by atoms with E-state index in [9.17, 15) is 0 Å². The van der Waals surface area contributed by atoms with Crippen LogP contribution in [0.2, 0.25) is 0 Å². The van der Waals surface area contributed by atoms with Crippen LogP contribution in [-0.4, -0.2) is 32.4 Å². The fourth-order valence-corrected chi connectivity index (χ4v) is 3.47. The molecular weight excluding hydrogens is 282 g/mol. The largest absolute Gasteiger partial charge is 0.316 e. The van der Waals surface area contributed by atoms with Crippen molar-refractivity contribution in [2.45, 2.75) is 38.4 Å². The standard InChI is InChI=1S/C15H19N5S/c21-15-19(11-18-9-1-2-10-18)17-14(20(15)13-3-4-13)12-5-7-16-8-6-12/h5-8,13H,1-4,9-11H2/p+1. The molecule has 0 unspecified atom stereocenters. The highest BCUT2D eigenvalue weighted by Crippen LogP contribution is 2.38. The smallest absolute Gasteiger partial charge is 0.203 e. The predicted octanol–water partition coefficient (Wildman–Crippen LogP) is 1.45. The number of likely N-dealkylation sites (tertiary alicyclic amines) is 1. The predicted molar refractivity (Wildman–Crippen MR) is 82.5 cm³/mol. The summed E-state index contributed by atoms with van der Waals surface area (Å²) in [6.07, 6.45) is 8.72. The number of quaternary nitrogens is 1. The minimum absolute atomic E-state index is 0.544. The SMILES string of the molecule is S=c1n(C[NH+]2CCCC2)nc(-c2ccncc2)n1C1CC1. The molecule has 1 aliphatic heterocycles. The van der Waals surface area contributed by atoms with Gasteiger partial charge in [-0.25, -0.2) is 0 Å². The summed E-state index contributed by atoms with van der Waals surface area (Å²) >= 11 is 5.70. The van der Waals surface area contributed by atoms with Crippen LogP contribution in [0.4, 0.5) is 0 Å². The average molecular weight is 302 g/mol. The van der Waals surface area contributed by atoms with Crippen LogP contribution in [0.5, 0.6) is 0 Å². The fourth-order valence-electron chi connectivity index (χ4n) is 3.13. The van der Waals surface area contributed by atoms with Crippen LogP contribution < -0.4 is 4.90 Å². The number of aromatic nitrogens is 4. The fraction of sp³-hybridized carbons (Fsp3) is 0.533. The Morgan fingerprint density at radius 3 is 2.57 bits per heavy atom. The molecule has 0 radical (unpaired) electrons. The number of rotatable bonds is 4. The maximum atomic E-state index is 5.70. The monoisotopic (exact) mass is 302 g/mol. The number of hydrogen-bond donors (Lipinski definition) is 1. The summed E-state index contributed by atoms with van der Waals surface area (Å²) in [5.41, 5.74) is 1.11. The van der Waals surface area contributed by atoms with Gasteiger partial charge in [-0.05, 0) is 37.2 Å². The second-order valence-electron chi connectivity index (χ2n) is 6.06. The lowest BCUT2D eigenvalue weighted by molar-refractivity contribution is -0.911. The van der Waals surface area contributed by atoms with Crippen molar-refractivity contribution in [1.29, 1.82) is 0 Å². The van der Waals surface area contributed by atoms with E-state index >= 15 is 0 Å². The van der Waals surface area contributed by atoms with Crippen molar-refractivity contribution >= 4 is 12.2 Å². The molecule has 0 aromatic carbocycles. The minimum atomic E-state index is 0.544. The second-order valence-corrected chi connectivity index (χ2v) is 6.42. The minimum Gasteiger partial charge on any atom is -0.316 e. The lowest BCUT2D eigenvalue weighted by Gasteiger charge is -2.11. The van der Waals surface area contributed by atoms with Gasteiger partial charge in [0.15, 0.2) is 12.5 Å². The van der Waals surface area contributed by atoms with Crippen molar-refractivity contribution in [2.75, 3.05) is 13.1 Å². The molecule has 5 nitrogen and oxygen atoms in total. The van der Waals surface area contributed by atoms with Crippen molar-refractivity contribution in [2.24, 2.45) is 0 Å². The Labute approximate surface area is 129 Å². The molecule has 1 N–H and O–H groups in total. The maximum Gasteiger partial charge on any atom is 0.203 e. The van der Waals surface area contributed by atoms with Crippen LogP contribution in [0.1, 0.15) is 31.7 Å². The van der Waals surface area contributed by atoms with Crippen LogP contribution in [0.15, 0.2) is 24.5 Å². The third kappa shape index (κ3) is 2.53. The van der Waals surface area contributed by atoms with Crippen LogP contribution in [0.25, 0.3) is 11.4 Å². The van der Waals surface area contributed by atoms with Crippen molar-refractivity contribution < 1.29 is 4.90 Å². The summed E-state index contributed by atoms with van der Waals surface area (Å²) in [4.78, 5) is 5.69. The van der Waals surface area contributed by atoms with Gasteiger partial charge in [-0.3, -0.25) is 9.55 Å². The topological polar surface area (TPSA) is 40.1 Å². The first kappa shape index (κ1) is 13.2. The molecule has 0 amide bonds. The van der Waals surface area contributed by atoms with Crippen LogP contribution in [-0.2, 0) is 6.67 Å². The first-order chi connectivity index (χ1) is 10.3. The molecule has 4 rings (SSSR count). The molecule has 2 aromatic rings. The van der Waals surface area contributed by atoms with E-state index < -0.39 is 0 Å². The molecule has 0 bridgehead atoms. The van der Waals surface area contributed by atoms with Gasteiger partial charge >= 0.3 is 0 Å². The van der Waals surface area contributed by atoms with Crippen LogP contribution in [0, 0.1) is 4.77 Å². The normalized spacial score (nSPS) is 19.2. The molecule has 110 valence electrons. The van der Waals surface area contributed by atoms with E-state index in [1.165, 1.54) is 38.8 Å². The molecule has 2 fully saturated rings. The zero-order valence-electron chi connectivity index (χ0n) is 12.0. The summed E-state index contributed by atoms with van der Waals surface area (Å²) in [5.74, 6) is 1.00. The second kappa shape index (κ2) is 5.35. The van der Waals surface area contributed by atoms with E-state index in [0.717, 1.165) is 22.8 Å². The summed E-state index contributed by atoms with van der Waals surface area (Å²) in [6, 6.07) is 4.58. The first-order valence-corrected chi connectivity index (χ1v) is 8.17. The van der Waals surface area contributed by atoms with E-state index in [2.05, 4.69) is 9.55 Å². The number of nitrogens with one attached hydrogen (secondary N) is 1. The van der Waals surface area contributed by atoms with E-state index in [1.807, 2.05) is 29.2 Å². The molecule has 6 heteroatoms. The van der Waals surface area contributed by atoms with Gasteiger partial charge in [0.2, 0.25) is 4.77 Å². The number of pyridine rings is 1. The van der Waals surface area contributed by atoms with Crippen LogP contribution >= 0.6 is 12.2 Å². The van der Waals surface area contributed by atoms with Gasteiger partial charge in [0.1, 0.15) is 0 Å². The molecule has 21 heavy (non-hydrogen) atoms. The summed E-state index contributed by atoms with van der Waals surface area (Å²) in [6.45, 7) is 3.38. The van der Waals surface area contributed by atoms with E-state index in [1.54, 1.807) is 4.90 Å². The zero-order chi connectivity index (χ0) is 14.2.